The number of carbonyl (C=O) groups is 1. The number of amides is 1. The molecule has 0 saturated carbocycles. The highest BCUT2D eigenvalue weighted by Crippen LogP contribution is 2.23. The predicted molar refractivity (Wildman–Crippen MR) is 96.9 cm³/mol. The van der Waals surface area contributed by atoms with Gasteiger partial charge in [0.25, 0.3) is 5.91 Å². The minimum atomic E-state index is -0.444. The van der Waals surface area contributed by atoms with Crippen molar-refractivity contribution in [1.82, 2.24) is 4.90 Å². The monoisotopic (exact) mass is 323 g/mol. The van der Waals surface area contributed by atoms with Gasteiger partial charge in [-0.15, -0.1) is 0 Å². The minimum Gasteiger partial charge on any atom is -0.481 e. The molecule has 1 saturated heterocycles. The van der Waals surface area contributed by atoms with Crippen LogP contribution in [0.15, 0.2) is 54.6 Å². The maximum atomic E-state index is 12.5. The summed E-state index contributed by atoms with van der Waals surface area (Å²) in [6.07, 6.45) is 1.73. The summed E-state index contributed by atoms with van der Waals surface area (Å²) < 4.78 is 5.86. The van der Waals surface area contributed by atoms with Crippen LogP contribution in [0.25, 0.3) is 11.1 Å². The number of piperidine rings is 1. The third kappa shape index (κ3) is 3.97. The first-order valence-corrected chi connectivity index (χ1v) is 8.74. The second-order valence-electron chi connectivity index (χ2n) is 6.66. The topological polar surface area (TPSA) is 29.5 Å². The van der Waals surface area contributed by atoms with Gasteiger partial charge in [0, 0.05) is 13.1 Å². The van der Waals surface area contributed by atoms with Crippen molar-refractivity contribution >= 4 is 5.91 Å². The number of hydrogen-bond donors (Lipinski definition) is 0. The molecule has 3 heteroatoms. The Morgan fingerprint density at radius 1 is 1.00 bits per heavy atom. The van der Waals surface area contributed by atoms with Gasteiger partial charge >= 0.3 is 0 Å². The van der Waals surface area contributed by atoms with E-state index in [0.717, 1.165) is 43.2 Å². The molecule has 24 heavy (non-hydrogen) atoms. The lowest BCUT2D eigenvalue weighted by molar-refractivity contribution is -0.139. The molecule has 1 aliphatic rings. The summed E-state index contributed by atoms with van der Waals surface area (Å²) in [4.78, 5) is 14.4. The van der Waals surface area contributed by atoms with E-state index in [9.17, 15) is 4.79 Å². The molecule has 0 bridgehead atoms. The number of rotatable bonds is 4. The Balaban J connectivity index is 1.60. The molecule has 1 aliphatic heterocycles. The average molecular weight is 323 g/mol. The molecule has 126 valence electrons. The van der Waals surface area contributed by atoms with Gasteiger partial charge in [-0.05, 0) is 48.9 Å². The smallest absolute Gasteiger partial charge is 0.263 e. The molecule has 0 spiro atoms. The maximum Gasteiger partial charge on any atom is 0.263 e. The van der Waals surface area contributed by atoms with Gasteiger partial charge in [-0.2, -0.15) is 0 Å². The Morgan fingerprint density at radius 3 is 2.21 bits per heavy atom. The van der Waals surface area contributed by atoms with E-state index in [0.29, 0.717) is 0 Å². The van der Waals surface area contributed by atoms with Crippen LogP contribution >= 0.6 is 0 Å². The number of hydrogen-bond acceptors (Lipinski definition) is 2. The van der Waals surface area contributed by atoms with Crippen molar-refractivity contribution in [2.75, 3.05) is 13.1 Å². The first-order chi connectivity index (χ1) is 11.6. The molecule has 2 aromatic carbocycles. The van der Waals surface area contributed by atoms with E-state index in [4.69, 9.17) is 4.74 Å². The van der Waals surface area contributed by atoms with Gasteiger partial charge in [-0.3, -0.25) is 4.79 Å². The largest absolute Gasteiger partial charge is 0.481 e. The van der Waals surface area contributed by atoms with E-state index in [1.54, 1.807) is 0 Å². The zero-order valence-electron chi connectivity index (χ0n) is 14.4. The van der Waals surface area contributed by atoms with Crippen molar-refractivity contribution in [3.05, 3.63) is 54.6 Å². The van der Waals surface area contributed by atoms with Crippen molar-refractivity contribution < 1.29 is 9.53 Å². The van der Waals surface area contributed by atoms with Crippen molar-refractivity contribution in [1.29, 1.82) is 0 Å². The van der Waals surface area contributed by atoms with E-state index < -0.39 is 6.10 Å². The van der Waals surface area contributed by atoms with Gasteiger partial charge in [0.05, 0.1) is 0 Å². The van der Waals surface area contributed by atoms with Crippen LogP contribution in [0.1, 0.15) is 26.7 Å². The fourth-order valence-electron chi connectivity index (χ4n) is 3.10. The summed E-state index contributed by atoms with van der Waals surface area (Å²) >= 11 is 0. The molecule has 0 aliphatic carbocycles. The standard InChI is InChI=1S/C21H25NO2/c1-16-12-14-22(15-13-16)21(23)17(2)24-20-10-8-19(9-11-20)18-6-4-3-5-7-18/h3-11,16-17H,12-15H2,1-2H3. The molecule has 1 amide bonds. The van der Waals surface area contributed by atoms with E-state index in [-0.39, 0.29) is 5.91 Å². The van der Waals surface area contributed by atoms with Crippen LogP contribution in [-0.2, 0) is 4.79 Å². The lowest BCUT2D eigenvalue weighted by atomic mass is 9.99. The zero-order valence-corrected chi connectivity index (χ0v) is 14.4. The molecule has 3 nitrogen and oxygen atoms in total. The van der Waals surface area contributed by atoms with Crippen LogP contribution in [0, 0.1) is 5.92 Å². The van der Waals surface area contributed by atoms with E-state index >= 15 is 0 Å². The Hall–Kier alpha value is -2.29. The zero-order chi connectivity index (χ0) is 16.9. The molecule has 1 heterocycles. The highest BCUT2D eigenvalue weighted by Gasteiger charge is 2.25. The predicted octanol–water partition coefficient (Wildman–Crippen LogP) is 4.38. The minimum absolute atomic E-state index is 0.0917. The van der Waals surface area contributed by atoms with Crippen LogP contribution in [0.5, 0.6) is 5.75 Å². The van der Waals surface area contributed by atoms with Gasteiger partial charge in [0.1, 0.15) is 5.75 Å². The highest BCUT2D eigenvalue weighted by molar-refractivity contribution is 5.81. The molecule has 0 radical (unpaired) electrons. The van der Waals surface area contributed by atoms with Gasteiger partial charge in [0.2, 0.25) is 0 Å². The quantitative estimate of drug-likeness (QED) is 0.835. The highest BCUT2D eigenvalue weighted by atomic mass is 16.5. The molecular weight excluding hydrogens is 298 g/mol. The molecule has 3 rings (SSSR count). The second kappa shape index (κ2) is 7.52. The van der Waals surface area contributed by atoms with Crippen LogP contribution in [0.4, 0.5) is 0 Å². The molecular formula is C21H25NO2. The van der Waals surface area contributed by atoms with Crippen LogP contribution in [0.3, 0.4) is 0 Å². The molecule has 2 aromatic rings. The third-order valence-electron chi connectivity index (χ3n) is 4.72. The fourth-order valence-corrected chi connectivity index (χ4v) is 3.10. The van der Waals surface area contributed by atoms with Gasteiger partial charge in [-0.1, -0.05) is 49.4 Å². The Labute approximate surface area is 144 Å². The maximum absolute atomic E-state index is 12.5. The van der Waals surface area contributed by atoms with Gasteiger partial charge in [-0.25, -0.2) is 0 Å². The number of carbonyl (C=O) groups excluding carboxylic acids is 1. The van der Waals surface area contributed by atoms with E-state index in [2.05, 4.69) is 19.1 Å². The lowest BCUT2D eigenvalue weighted by Crippen LogP contribution is -2.44. The van der Waals surface area contributed by atoms with Crippen LogP contribution in [0.2, 0.25) is 0 Å². The summed E-state index contributed by atoms with van der Waals surface area (Å²) in [6, 6.07) is 18.2. The normalized spacial score (nSPS) is 16.7. The molecule has 1 atom stereocenters. The number of benzene rings is 2. The first-order valence-electron chi connectivity index (χ1n) is 8.74. The van der Waals surface area contributed by atoms with Crippen molar-refractivity contribution in [3.63, 3.8) is 0 Å². The van der Waals surface area contributed by atoms with Gasteiger partial charge < -0.3 is 9.64 Å². The fraction of sp³-hybridized carbons (Fsp3) is 0.381. The first kappa shape index (κ1) is 16.6. The Bertz CT molecular complexity index is 658. The summed E-state index contributed by atoms with van der Waals surface area (Å²) in [5.74, 6) is 1.55. The molecule has 1 fully saturated rings. The number of ether oxygens (including phenoxy) is 1. The third-order valence-corrected chi connectivity index (χ3v) is 4.72. The molecule has 0 N–H and O–H groups in total. The number of likely N-dealkylation sites (tertiary alicyclic amines) is 1. The summed E-state index contributed by atoms with van der Waals surface area (Å²) in [5, 5.41) is 0. The van der Waals surface area contributed by atoms with Crippen molar-refractivity contribution in [3.8, 4) is 16.9 Å². The lowest BCUT2D eigenvalue weighted by Gasteiger charge is -2.32. The Morgan fingerprint density at radius 2 is 1.58 bits per heavy atom. The van der Waals surface area contributed by atoms with E-state index in [1.807, 2.05) is 54.3 Å². The molecule has 0 aromatic heterocycles. The van der Waals surface area contributed by atoms with Crippen molar-refractivity contribution in [2.45, 2.75) is 32.8 Å². The number of nitrogens with zero attached hydrogens (tertiary/aromatic N) is 1. The van der Waals surface area contributed by atoms with E-state index in [1.165, 1.54) is 5.56 Å². The van der Waals surface area contributed by atoms with Gasteiger partial charge in [0.15, 0.2) is 6.10 Å². The van der Waals surface area contributed by atoms with Crippen molar-refractivity contribution in [2.24, 2.45) is 5.92 Å². The summed E-state index contributed by atoms with van der Waals surface area (Å²) in [6.45, 7) is 5.78. The SMILES string of the molecule is CC1CCN(C(=O)C(C)Oc2ccc(-c3ccccc3)cc2)CC1. The molecule has 1 unspecified atom stereocenters. The summed E-state index contributed by atoms with van der Waals surface area (Å²) in [5.41, 5.74) is 2.32. The summed E-state index contributed by atoms with van der Waals surface area (Å²) in [7, 11) is 0. The second-order valence-corrected chi connectivity index (χ2v) is 6.66. The van der Waals surface area contributed by atoms with Crippen LogP contribution < -0.4 is 4.74 Å². The Kier molecular flexibility index (Phi) is 5.19. The van der Waals surface area contributed by atoms with Crippen LogP contribution in [-0.4, -0.2) is 30.0 Å². The average Bonchev–Trinajstić information content (AvgIpc) is 2.63.